The van der Waals surface area contributed by atoms with E-state index >= 15 is 0 Å². The third kappa shape index (κ3) is 7.79. The molecule has 5 aromatic rings. The zero-order chi connectivity index (χ0) is 33.1. The Morgan fingerprint density at radius 2 is 1.61 bits per heavy atom. The van der Waals surface area contributed by atoms with E-state index in [2.05, 4.69) is 4.72 Å². The molecular weight excluding hydrogens is 662 g/mol. The van der Waals surface area contributed by atoms with E-state index in [0.29, 0.717) is 39.2 Å². The number of methoxy groups -OCH3 is 1. The van der Waals surface area contributed by atoms with E-state index in [4.69, 9.17) is 32.9 Å². The predicted molar refractivity (Wildman–Crippen MR) is 172 cm³/mol. The van der Waals surface area contributed by atoms with Gasteiger partial charge < -0.3 is 9.30 Å². The number of sulfonamides is 1. The maximum atomic E-state index is 12.8. The summed E-state index contributed by atoms with van der Waals surface area (Å²) in [5, 5.41) is 0.925. The number of alkyl halides is 3. The Balaban J connectivity index is 1.37. The fourth-order valence-electron chi connectivity index (χ4n) is 4.45. The van der Waals surface area contributed by atoms with E-state index in [9.17, 15) is 26.4 Å². The number of aromatic nitrogens is 2. The molecule has 0 atom stereocenters. The van der Waals surface area contributed by atoms with Gasteiger partial charge in [0.1, 0.15) is 5.82 Å². The lowest BCUT2D eigenvalue weighted by molar-refractivity contribution is -0.137. The highest BCUT2D eigenvalue weighted by molar-refractivity contribution is 7.92. The second kappa shape index (κ2) is 13.4. The number of rotatable bonds is 9. The summed E-state index contributed by atoms with van der Waals surface area (Å²) >= 11 is 12.5. The minimum atomic E-state index is -4.57. The van der Waals surface area contributed by atoms with Gasteiger partial charge in [-0.15, -0.1) is 0 Å². The molecule has 5 rings (SSSR count). The number of carbonyl (C=O) groups is 1. The fourth-order valence-corrected chi connectivity index (χ4v) is 6.01. The quantitative estimate of drug-likeness (QED) is 0.157. The van der Waals surface area contributed by atoms with Gasteiger partial charge in [0.05, 0.1) is 33.8 Å². The first-order valence-corrected chi connectivity index (χ1v) is 15.7. The molecule has 0 saturated heterocycles. The minimum absolute atomic E-state index is 0.230. The smallest absolute Gasteiger partial charge is 0.416 e. The molecule has 1 heterocycles. The number of ether oxygens (including phenoxy) is 1. The molecule has 0 unspecified atom stereocenters. The first-order chi connectivity index (χ1) is 21.8. The van der Waals surface area contributed by atoms with Crippen molar-refractivity contribution in [3.8, 4) is 11.3 Å². The summed E-state index contributed by atoms with van der Waals surface area (Å²) in [6, 6.07) is 21.8. The second-order valence-electron chi connectivity index (χ2n) is 10.0. The van der Waals surface area contributed by atoms with Crippen LogP contribution in [-0.2, 0) is 27.5 Å². The Labute approximate surface area is 272 Å². The van der Waals surface area contributed by atoms with Gasteiger partial charge in [-0.2, -0.15) is 13.2 Å². The summed E-state index contributed by atoms with van der Waals surface area (Å²) in [7, 11) is -2.79. The third-order valence-electron chi connectivity index (χ3n) is 6.82. The third-order valence-corrected chi connectivity index (χ3v) is 8.77. The van der Waals surface area contributed by atoms with Gasteiger partial charge in [-0.1, -0.05) is 53.5 Å². The monoisotopic (exact) mass is 685 g/mol. The van der Waals surface area contributed by atoms with Crippen LogP contribution >= 0.6 is 23.2 Å². The lowest BCUT2D eigenvalue weighted by atomic mass is 10.1. The molecule has 1 N–H and O–H groups in total. The number of imidazole rings is 1. The van der Waals surface area contributed by atoms with Crippen molar-refractivity contribution in [1.82, 2.24) is 9.55 Å². The fraction of sp³-hybridized carbons (Fsp3) is 0.0909. The molecular formula is C33H24Cl2F3N3O4S. The summed E-state index contributed by atoms with van der Waals surface area (Å²) in [4.78, 5) is 16.3. The maximum Gasteiger partial charge on any atom is 0.416 e. The number of anilines is 1. The van der Waals surface area contributed by atoms with Crippen LogP contribution in [-0.4, -0.2) is 31.0 Å². The van der Waals surface area contributed by atoms with Crippen molar-refractivity contribution < 1.29 is 31.1 Å². The van der Waals surface area contributed by atoms with Gasteiger partial charge in [0.2, 0.25) is 0 Å². The number of nitrogens with one attached hydrogen (secondary N) is 1. The molecule has 236 valence electrons. The maximum absolute atomic E-state index is 12.8. The van der Waals surface area contributed by atoms with Crippen LogP contribution in [0.1, 0.15) is 32.9 Å². The molecule has 4 aromatic carbocycles. The largest absolute Gasteiger partial charge is 0.465 e. The lowest BCUT2D eigenvalue weighted by Gasteiger charge is -2.10. The van der Waals surface area contributed by atoms with E-state index in [-0.39, 0.29) is 10.6 Å². The van der Waals surface area contributed by atoms with Gasteiger partial charge in [-0.05, 0) is 83.9 Å². The molecule has 0 amide bonds. The van der Waals surface area contributed by atoms with Gasteiger partial charge in [0, 0.05) is 29.0 Å². The number of nitrogens with zero attached hydrogens (tertiary/aromatic N) is 2. The number of esters is 1. The van der Waals surface area contributed by atoms with E-state index < -0.39 is 27.7 Å². The molecule has 0 aliphatic rings. The second-order valence-corrected chi connectivity index (χ2v) is 12.5. The zero-order valence-corrected chi connectivity index (χ0v) is 26.3. The molecule has 46 heavy (non-hydrogen) atoms. The SMILES string of the molecule is COC(=O)c1ccc(Cn2cc(-c3ccc(Cl)cc3Cl)nc2/C=C/c2ccc(NS(=O)(=O)c3ccc(C(F)(F)F)cc3)cc2)cc1. The molecule has 0 spiro atoms. The Morgan fingerprint density at radius 3 is 2.22 bits per heavy atom. The summed E-state index contributed by atoms with van der Waals surface area (Å²) in [5.41, 5.74) is 2.64. The minimum Gasteiger partial charge on any atom is -0.465 e. The highest BCUT2D eigenvalue weighted by Gasteiger charge is 2.30. The van der Waals surface area contributed by atoms with Crippen molar-refractivity contribution in [3.63, 3.8) is 0 Å². The van der Waals surface area contributed by atoms with Crippen LogP contribution in [0.4, 0.5) is 18.9 Å². The van der Waals surface area contributed by atoms with Crippen LogP contribution in [0, 0.1) is 0 Å². The lowest BCUT2D eigenvalue weighted by Crippen LogP contribution is -2.13. The molecule has 0 fully saturated rings. The van der Waals surface area contributed by atoms with Crippen LogP contribution in [0.2, 0.25) is 10.0 Å². The van der Waals surface area contributed by atoms with E-state index in [1.807, 2.05) is 22.9 Å². The average molecular weight is 687 g/mol. The first kappa shape index (κ1) is 32.8. The van der Waals surface area contributed by atoms with E-state index in [1.165, 1.54) is 19.2 Å². The van der Waals surface area contributed by atoms with Gasteiger partial charge in [-0.3, -0.25) is 4.72 Å². The van der Waals surface area contributed by atoms with E-state index in [0.717, 1.165) is 35.4 Å². The molecule has 0 radical (unpaired) electrons. The van der Waals surface area contributed by atoms with Crippen LogP contribution in [0.5, 0.6) is 0 Å². The molecule has 13 heteroatoms. The number of hydrogen-bond acceptors (Lipinski definition) is 5. The highest BCUT2D eigenvalue weighted by atomic mass is 35.5. The Kier molecular flexibility index (Phi) is 9.57. The van der Waals surface area contributed by atoms with Crippen LogP contribution in [0.15, 0.2) is 102 Å². The molecule has 0 saturated carbocycles. The number of hydrogen-bond donors (Lipinski definition) is 1. The number of halogens is 5. The Bertz CT molecular complexity index is 2010. The van der Waals surface area contributed by atoms with Crippen LogP contribution in [0.25, 0.3) is 23.4 Å². The van der Waals surface area contributed by atoms with Crippen LogP contribution in [0.3, 0.4) is 0 Å². The van der Waals surface area contributed by atoms with Crippen LogP contribution < -0.4 is 4.72 Å². The predicted octanol–water partition coefficient (Wildman–Crippen LogP) is 8.68. The summed E-state index contributed by atoms with van der Waals surface area (Å²) in [5.74, 6) is 0.154. The Morgan fingerprint density at radius 1 is 0.935 bits per heavy atom. The summed E-state index contributed by atoms with van der Waals surface area (Å²) in [6.07, 6.45) is 0.859. The number of benzene rings is 4. The van der Waals surface area contributed by atoms with E-state index in [1.54, 1.807) is 54.6 Å². The first-order valence-electron chi connectivity index (χ1n) is 13.5. The Hall–Kier alpha value is -4.58. The summed E-state index contributed by atoms with van der Waals surface area (Å²) in [6.45, 7) is 0.421. The molecule has 1 aromatic heterocycles. The van der Waals surface area contributed by atoms with Crippen molar-refractivity contribution >= 4 is 57.0 Å². The molecule has 0 bridgehead atoms. The summed E-state index contributed by atoms with van der Waals surface area (Å²) < 4.78 is 73.0. The molecule has 0 aliphatic carbocycles. The van der Waals surface area contributed by atoms with Crippen molar-refractivity contribution in [3.05, 3.63) is 135 Å². The van der Waals surface area contributed by atoms with Crippen molar-refractivity contribution in [2.75, 3.05) is 11.8 Å². The van der Waals surface area contributed by atoms with Gasteiger partial charge in [-0.25, -0.2) is 18.2 Å². The van der Waals surface area contributed by atoms with Gasteiger partial charge in [0.25, 0.3) is 10.0 Å². The number of carbonyl (C=O) groups excluding carboxylic acids is 1. The van der Waals surface area contributed by atoms with Crippen molar-refractivity contribution in [2.24, 2.45) is 0 Å². The standard InChI is InChI=1S/C33H24Cl2F3N3O4S/c1-45-32(42)23-7-2-22(3-8-23)19-41-20-30(28-16-11-25(34)18-29(28)35)39-31(41)17-6-21-4-12-26(13-5-21)40-46(43,44)27-14-9-24(10-15-27)33(36,37)38/h2-18,20,40H,19H2,1H3/b17-6+. The van der Waals surface area contributed by atoms with Crippen molar-refractivity contribution in [2.45, 2.75) is 17.6 Å². The molecule has 0 aliphatic heterocycles. The van der Waals surface area contributed by atoms with Gasteiger partial charge in [0.15, 0.2) is 0 Å². The molecule has 7 nitrogen and oxygen atoms in total. The normalized spacial score (nSPS) is 12.0. The zero-order valence-electron chi connectivity index (χ0n) is 23.9. The highest BCUT2D eigenvalue weighted by Crippen LogP contribution is 2.31. The van der Waals surface area contributed by atoms with Crippen molar-refractivity contribution in [1.29, 1.82) is 0 Å². The van der Waals surface area contributed by atoms with Gasteiger partial charge >= 0.3 is 12.1 Å². The average Bonchev–Trinajstić information content (AvgIpc) is 3.42. The topological polar surface area (TPSA) is 90.3 Å².